The Balaban J connectivity index is 2.94. The number of rotatable bonds is 6. The van der Waals surface area contributed by atoms with Crippen molar-refractivity contribution in [2.45, 2.75) is 18.9 Å². The molecule has 0 spiro atoms. The zero-order valence-electron chi connectivity index (χ0n) is 9.79. The molecule has 88 valence electrons. The van der Waals surface area contributed by atoms with Gasteiger partial charge in [0.1, 0.15) is 5.75 Å². The van der Waals surface area contributed by atoms with Gasteiger partial charge in [-0.25, -0.2) is 0 Å². The van der Waals surface area contributed by atoms with Gasteiger partial charge in [-0.2, -0.15) is 0 Å². The summed E-state index contributed by atoms with van der Waals surface area (Å²) in [5, 5.41) is 3.30. The lowest BCUT2D eigenvalue weighted by Crippen LogP contribution is -2.16. The van der Waals surface area contributed by atoms with Crippen molar-refractivity contribution >= 4 is 15.9 Å². The minimum atomic E-state index is 0.307. The van der Waals surface area contributed by atoms with Gasteiger partial charge in [-0.1, -0.05) is 28.1 Å². The van der Waals surface area contributed by atoms with E-state index >= 15 is 0 Å². The molecular weight excluding hydrogens is 266 g/mol. The molecule has 0 heterocycles. The van der Waals surface area contributed by atoms with Crippen LogP contribution in [0.5, 0.6) is 5.75 Å². The molecule has 0 saturated carbocycles. The topological polar surface area (TPSA) is 21.3 Å². The summed E-state index contributed by atoms with van der Waals surface area (Å²) < 4.78 is 6.43. The van der Waals surface area contributed by atoms with Gasteiger partial charge in [0.05, 0.1) is 7.11 Å². The summed E-state index contributed by atoms with van der Waals surface area (Å²) in [5.74, 6) is 0.915. The van der Waals surface area contributed by atoms with Crippen LogP contribution in [0.15, 0.2) is 35.3 Å². The van der Waals surface area contributed by atoms with E-state index < -0.39 is 0 Å². The molecule has 2 nitrogen and oxygen atoms in total. The number of methoxy groups -OCH3 is 1. The van der Waals surface area contributed by atoms with Crippen LogP contribution in [0.1, 0.15) is 24.4 Å². The second-order valence-electron chi connectivity index (χ2n) is 3.59. The average Bonchev–Trinajstić information content (AvgIpc) is 2.31. The largest absolute Gasteiger partial charge is 0.496 e. The maximum atomic E-state index is 5.39. The highest BCUT2D eigenvalue weighted by atomic mass is 79.9. The third-order valence-corrected chi connectivity index (χ3v) is 3.07. The average molecular weight is 284 g/mol. The van der Waals surface area contributed by atoms with Gasteiger partial charge in [-0.3, -0.25) is 0 Å². The Labute approximate surface area is 106 Å². The SMILES string of the molecule is C=CCCC(NC)c1ccc(Br)cc1OC. The van der Waals surface area contributed by atoms with E-state index in [-0.39, 0.29) is 0 Å². The fourth-order valence-corrected chi connectivity index (χ4v) is 2.05. The van der Waals surface area contributed by atoms with Gasteiger partial charge >= 0.3 is 0 Å². The lowest BCUT2D eigenvalue weighted by molar-refractivity contribution is 0.399. The summed E-state index contributed by atoms with van der Waals surface area (Å²) >= 11 is 3.44. The molecule has 0 aliphatic heterocycles. The quantitative estimate of drug-likeness (QED) is 0.804. The van der Waals surface area contributed by atoms with Crippen molar-refractivity contribution in [2.24, 2.45) is 0 Å². The van der Waals surface area contributed by atoms with Crippen LogP contribution < -0.4 is 10.1 Å². The number of nitrogens with one attached hydrogen (secondary N) is 1. The van der Waals surface area contributed by atoms with Gasteiger partial charge in [0.2, 0.25) is 0 Å². The van der Waals surface area contributed by atoms with E-state index in [0.717, 1.165) is 23.1 Å². The van der Waals surface area contributed by atoms with E-state index in [1.807, 2.05) is 25.3 Å². The van der Waals surface area contributed by atoms with Crippen molar-refractivity contribution < 1.29 is 4.74 Å². The molecule has 1 atom stereocenters. The molecular formula is C13H18BrNO. The zero-order valence-corrected chi connectivity index (χ0v) is 11.4. The van der Waals surface area contributed by atoms with Crippen LogP contribution >= 0.6 is 15.9 Å². The summed E-state index contributed by atoms with van der Waals surface area (Å²) in [5.41, 5.74) is 1.19. The van der Waals surface area contributed by atoms with Crippen molar-refractivity contribution in [2.75, 3.05) is 14.2 Å². The van der Waals surface area contributed by atoms with Crippen LogP contribution in [0.3, 0.4) is 0 Å². The summed E-state index contributed by atoms with van der Waals surface area (Å²) in [4.78, 5) is 0. The van der Waals surface area contributed by atoms with Crippen molar-refractivity contribution in [1.29, 1.82) is 0 Å². The van der Waals surface area contributed by atoms with Gasteiger partial charge < -0.3 is 10.1 Å². The molecule has 0 bridgehead atoms. The Morgan fingerprint density at radius 2 is 2.31 bits per heavy atom. The first-order chi connectivity index (χ1) is 7.72. The molecule has 1 unspecified atom stereocenters. The predicted molar refractivity (Wildman–Crippen MR) is 71.9 cm³/mol. The molecule has 0 aliphatic carbocycles. The van der Waals surface area contributed by atoms with E-state index in [9.17, 15) is 0 Å². The summed E-state index contributed by atoms with van der Waals surface area (Å²) in [7, 11) is 3.67. The highest BCUT2D eigenvalue weighted by molar-refractivity contribution is 9.10. The minimum absolute atomic E-state index is 0.307. The van der Waals surface area contributed by atoms with E-state index in [1.165, 1.54) is 5.56 Å². The Kier molecular flexibility index (Phi) is 5.56. The first-order valence-electron chi connectivity index (χ1n) is 5.34. The van der Waals surface area contributed by atoms with Crippen LogP contribution in [0.25, 0.3) is 0 Å². The maximum absolute atomic E-state index is 5.39. The fraction of sp³-hybridized carbons (Fsp3) is 0.385. The van der Waals surface area contributed by atoms with Crippen molar-refractivity contribution in [3.05, 3.63) is 40.9 Å². The highest BCUT2D eigenvalue weighted by Crippen LogP contribution is 2.30. The second kappa shape index (κ2) is 6.71. The van der Waals surface area contributed by atoms with Crippen molar-refractivity contribution in [3.63, 3.8) is 0 Å². The predicted octanol–water partition coefficient (Wildman–Crippen LogP) is 3.68. The third-order valence-electron chi connectivity index (χ3n) is 2.58. The van der Waals surface area contributed by atoms with E-state index in [0.29, 0.717) is 6.04 Å². The first kappa shape index (κ1) is 13.3. The molecule has 1 aromatic rings. The second-order valence-corrected chi connectivity index (χ2v) is 4.51. The van der Waals surface area contributed by atoms with Gasteiger partial charge in [0.25, 0.3) is 0 Å². The standard InChI is InChI=1S/C13H18BrNO/c1-4-5-6-12(15-2)11-8-7-10(14)9-13(11)16-3/h4,7-9,12,15H,1,5-6H2,2-3H3. The van der Waals surface area contributed by atoms with E-state index in [2.05, 4.69) is 33.9 Å². The Hall–Kier alpha value is -0.800. The smallest absolute Gasteiger partial charge is 0.124 e. The van der Waals surface area contributed by atoms with Crippen LogP contribution in [0, 0.1) is 0 Å². The van der Waals surface area contributed by atoms with Gasteiger partial charge in [0, 0.05) is 16.1 Å². The van der Waals surface area contributed by atoms with Gasteiger partial charge in [-0.15, -0.1) is 6.58 Å². The normalized spacial score (nSPS) is 12.2. The molecule has 3 heteroatoms. The Bertz CT molecular complexity index is 352. The summed E-state index contributed by atoms with van der Waals surface area (Å²) in [6, 6.07) is 6.43. The molecule has 0 fully saturated rings. The first-order valence-corrected chi connectivity index (χ1v) is 6.13. The lowest BCUT2D eigenvalue weighted by Gasteiger charge is -2.19. The molecule has 0 aromatic heterocycles. The van der Waals surface area contributed by atoms with E-state index in [1.54, 1.807) is 7.11 Å². The lowest BCUT2D eigenvalue weighted by atomic mass is 10.0. The Morgan fingerprint density at radius 1 is 1.56 bits per heavy atom. The summed E-state index contributed by atoms with van der Waals surface area (Å²) in [6.07, 6.45) is 3.96. The molecule has 16 heavy (non-hydrogen) atoms. The minimum Gasteiger partial charge on any atom is -0.496 e. The van der Waals surface area contributed by atoms with Crippen LogP contribution in [-0.2, 0) is 0 Å². The molecule has 0 amide bonds. The molecule has 1 N–H and O–H groups in total. The molecule has 0 radical (unpaired) electrons. The summed E-state index contributed by atoms with van der Waals surface area (Å²) in [6.45, 7) is 3.75. The van der Waals surface area contributed by atoms with Crippen molar-refractivity contribution in [3.8, 4) is 5.75 Å². The number of allylic oxidation sites excluding steroid dienone is 1. The molecule has 0 saturated heterocycles. The monoisotopic (exact) mass is 283 g/mol. The number of ether oxygens (including phenoxy) is 1. The highest BCUT2D eigenvalue weighted by Gasteiger charge is 2.13. The van der Waals surface area contributed by atoms with Crippen LogP contribution in [0.4, 0.5) is 0 Å². The van der Waals surface area contributed by atoms with Crippen molar-refractivity contribution in [1.82, 2.24) is 5.32 Å². The fourth-order valence-electron chi connectivity index (χ4n) is 1.71. The van der Waals surface area contributed by atoms with Gasteiger partial charge in [-0.05, 0) is 32.0 Å². The van der Waals surface area contributed by atoms with Crippen LogP contribution in [0.2, 0.25) is 0 Å². The number of hydrogen-bond acceptors (Lipinski definition) is 2. The van der Waals surface area contributed by atoms with Gasteiger partial charge in [0.15, 0.2) is 0 Å². The number of halogens is 1. The third kappa shape index (κ3) is 3.35. The Morgan fingerprint density at radius 3 is 2.88 bits per heavy atom. The molecule has 1 aromatic carbocycles. The van der Waals surface area contributed by atoms with Crippen LogP contribution in [-0.4, -0.2) is 14.2 Å². The number of hydrogen-bond donors (Lipinski definition) is 1. The maximum Gasteiger partial charge on any atom is 0.124 e. The molecule has 1 rings (SSSR count). The van der Waals surface area contributed by atoms with E-state index in [4.69, 9.17) is 4.74 Å². The number of benzene rings is 1. The molecule has 0 aliphatic rings. The zero-order chi connectivity index (χ0) is 12.0.